The Bertz CT molecular complexity index is 459. The van der Waals surface area contributed by atoms with Crippen molar-refractivity contribution in [2.75, 3.05) is 11.9 Å². The highest BCUT2D eigenvalue weighted by Gasteiger charge is 2.26. The fraction of sp³-hybridized carbons (Fsp3) is 0.647. The first kappa shape index (κ1) is 17.5. The molecule has 0 aliphatic heterocycles. The van der Waals surface area contributed by atoms with Crippen LogP contribution >= 0.6 is 0 Å². The number of aromatic nitrogens is 1. The van der Waals surface area contributed by atoms with Gasteiger partial charge in [0.25, 0.3) is 5.91 Å². The number of hydrogen-bond donors (Lipinski definition) is 2. The number of aryl methyl sites for hydroxylation is 1. The highest BCUT2D eigenvalue weighted by atomic mass is 16.1. The van der Waals surface area contributed by atoms with E-state index in [4.69, 9.17) is 0 Å². The molecule has 0 aromatic carbocycles. The van der Waals surface area contributed by atoms with Crippen molar-refractivity contribution < 1.29 is 4.79 Å². The first-order valence-corrected chi connectivity index (χ1v) is 8.05. The molecule has 1 aromatic heterocycles. The lowest BCUT2D eigenvalue weighted by Crippen LogP contribution is -2.47. The summed E-state index contributed by atoms with van der Waals surface area (Å²) in [6.45, 7) is 11.3. The predicted octanol–water partition coefficient (Wildman–Crippen LogP) is 3.91. The number of nitrogens with zero attached hydrogens (tertiary/aromatic N) is 1. The van der Waals surface area contributed by atoms with Crippen LogP contribution in [0.5, 0.6) is 0 Å². The van der Waals surface area contributed by atoms with Gasteiger partial charge in [0.2, 0.25) is 0 Å². The Balaban J connectivity index is 2.93. The van der Waals surface area contributed by atoms with E-state index in [1.807, 2.05) is 19.1 Å². The Labute approximate surface area is 128 Å². The predicted molar refractivity (Wildman–Crippen MR) is 88.8 cm³/mol. The molecule has 0 aliphatic rings. The van der Waals surface area contributed by atoms with E-state index in [2.05, 4.69) is 43.3 Å². The van der Waals surface area contributed by atoms with E-state index in [1.165, 1.54) is 0 Å². The van der Waals surface area contributed by atoms with Gasteiger partial charge in [0.1, 0.15) is 5.82 Å². The molecule has 0 radical (unpaired) electrons. The number of anilines is 1. The van der Waals surface area contributed by atoms with E-state index in [-0.39, 0.29) is 11.4 Å². The summed E-state index contributed by atoms with van der Waals surface area (Å²) in [4.78, 5) is 17.0. The molecular formula is C17H29N3O. The third-order valence-corrected chi connectivity index (χ3v) is 4.18. The molecule has 1 amide bonds. The molecule has 0 saturated heterocycles. The Hall–Kier alpha value is -1.58. The van der Waals surface area contributed by atoms with Gasteiger partial charge in [-0.05, 0) is 44.7 Å². The van der Waals surface area contributed by atoms with Crippen LogP contribution in [0.15, 0.2) is 12.1 Å². The van der Waals surface area contributed by atoms with Crippen molar-refractivity contribution in [2.45, 2.75) is 65.8 Å². The Kier molecular flexibility index (Phi) is 6.66. The monoisotopic (exact) mass is 291 g/mol. The van der Waals surface area contributed by atoms with Crippen LogP contribution in [0.2, 0.25) is 0 Å². The van der Waals surface area contributed by atoms with Crippen LogP contribution in [0.3, 0.4) is 0 Å². The molecule has 4 nitrogen and oxygen atoms in total. The summed E-state index contributed by atoms with van der Waals surface area (Å²) in [5, 5.41) is 6.46. The van der Waals surface area contributed by atoms with Crippen LogP contribution < -0.4 is 10.6 Å². The summed E-state index contributed by atoms with van der Waals surface area (Å²) >= 11 is 0. The first-order chi connectivity index (χ1) is 10.00. The first-order valence-electron chi connectivity index (χ1n) is 8.05. The third-order valence-electron chi connectivity index (χ3n) is 4.18. The van der Waals surface area contributed by atoms with Gasteiger partial charge in [0.05, 0.1) is 0 Å². The second-order valence-corrected chi connectivity index (χ2v) is 5.60. The van der Waals surface area contributed by atoms with E-state index in [0.717, 1.165) is 43.7 Å². The van der Waals surface area contributed by atoms with Crippen molar-refractivity contribution in [3.63, 3.8) is 0 Å². The molecule has 21 heavy (non-hydrogen) atoms. The van der Waals surface area contributed by atoms with Crippen molar-refractivity contribution in [3.8, 4) is 0 Å². The van der Waals surface area contributed by atoms with E-state index >= 15 is 0 Å². The van der Waals surface area contributed by atoms with E-state index in [9.17, 15) is 4.79 Å². The smallest absolute Gasteiger partial charge is 0.251 e. The van der Waals surface area contributed by atoms with Gasteiger partial charge >= 0.3 is 0 Å². The fourth-order valence-electron chi connectivity index (χ4n) is 2.47. The largest absolute Gasteiger partial charge is 0.370 e. The van der Waals surface area contributed by atoms with Gasteiger partial charge < -0.3 is 10.6 Å². The molecule has 2 N–H and O–H groups in total. The van der Waals surface area contributed by atoms with Crippen molar-refractivity contribution in [2.24, 2.45) is 0 Å². The van der Waals surface area contributed by atoms with Gasteiger partial charge in [-0.15, -0.1) is 0 Å². The Morgan fingerprint density at radius 3 is 2.29 bits per heavy atom. The summed E-state index contributed by atoms with van der Waals surface area (Å²) in [7, 11) is 0. The minimum atomic E-state index is -0.106. The zero-order valence-electron chi connectivity index (χ0n) is 14.0. The minimum Gasteiger partial charge on any atom is -0.370 e. The van der Waals surface area contributed by atoms with Crippen molar-refractivity contribution in [3.05, 3.63) is 23.4 Å². The lowest BCUT2D eigenvalue weighted by molar-refractivity contribution is 0.0888. The average Bonchev–Trinajstić information content (AvgIpc) is 2.50. The lowest BCUT2D eigenvalue weighted by atomic mass is 9.89. The molecule has 0 saturated carbocycles. The van der Waals surface area contributed by atoms with Crippen LogP contribution in [-0.2, 0) is 0 Å². The Morgan fingerprint density at radius 1 is 1.14 bits per heavy atom. The SMILES string of the molecule is CCCNc1cc(C(=O)NC(CC)(CC)CC)cc(C)n1. The summed E-state index contributed by atoms with van der Waals surface area (Å²) in [5.41, 5.74) is 1.43. The second kappa shape index (κ2) is 8.01. The molecule has 0 unspecified atom stereocenters. The van der Waals surface area contributed by atoms with E-state index < -0.39 is 0 Å². The normalized spacial score (nSPS) is 11.3. The third kappa shape index (κ3) is 4.73. The molecule has 118 valence electrons. The molecule has 0 aliphatic carbocycles. The number of pyridine rings is 1. The average molecular weight is 291 g/mol. The van der Waals surface area contributed by atoms with Crippen LogP contribution in [0.4, 0.5) is 5.82 Å². The Morgan fingerprint density at radius 2 is 1.76 bits per heavy atom. The van der Waals surface area contributed by atoms with Gasteiger partial charge in [-0.3, -0.25) is 4.79 Å². The van der Waals surface area contributed by atoms with Crippen molar-refractivity contribution >= 4 is 11.7 Å². The van der Waals surface area contributed by atoms with Crippen LogP contribution in [-0.4, -0.2) is 23.0 Å². The quantitative estimate of drug-likeness (QED) is 0.763. The van der Waals surface area contributed by atoms with Crippen molar-refractivity contribution in [1.29, 1.82) is 0 Å². The highest BCUT2D eigenvalue weighted by Crippen LogP contribution is 2.20. The standard InChI is InChI=1S/C17H29N3O/c1-6-10-18-15-12-14(11-13(5)19-15)16(21)20-17(7-2,8-3)9-4/h11-12H,6-10H2,1-5H3,(H,18,19)(H,20,21). The van der Waals surface area contributed by atoms with E-state index in [0.29, 0.717) is 5.56 Å². The van der Waals surface area contributed by atoms with E-state index in [1.54, 1.807) is 0 Å². The van der Waals surface area contributed by atoms with Gasteiger partial charge in [-0.2, -0.15) is 0 Å². The number of hydrogen-bond acceptors (Lipinski definition) is 3. The number of nitrogens with one attached hydrogen (secondary N) is 2. The lowest BCUT2D eigenvalue weighted by Gasteiger charge is -2.31. The molecule has 0 atom stereocenters. The molecule has 0 spiro atoms. The zero-order chi connectivity index (χ0) is 15.9. The molecule has 1 aromatic rings. The minimum absolute atomic E-state index is 0.00871. The second-order valence-electron chi connectivity index (χ2n) is 5.60. The number of carbonyl (C=O) groups excluding carboxylic acids is 1. The molecule has 1 rings (SSSR count). The number of carbonyl (C=O) groups is 1. The summed E-state index contributed by atoms with van der Waals surface area (Å²) in [6, 6.07) is 3.68. The van der Waals surface area contributed by atoms with Crippen LogP contribution in [0.25, 0.3) is 0 Å². The zero-order valence-corrected chi connectivity index (χ0v) is 14.0. The maximum Gasteiger partial charge on any atom is 0.251 e. The molecule has 0 bridgehead atoms. The molecule has 0 fully saturated rings. The van der Waals surface area contributed by atoms with Crippen LogP contribution in [0, 0.1) is 6.92 Å². The van der Waals surface area contributed by atoms with Gasteiger partial charge in [-0.25, -0.2) is 4.98 Å². The number of rotatable bonds is 8. The summed E-state index contributed by atoms with van der Waals surface area (Å²) in [6.07, 6.45) is 3.85. The molecule has 1 heterocycles. The summed E-state index contributed by atoms with van der Waals surface area (Å²) in [5.74, 6) is 0.766. The fourth-order valence-corrected chi connectivity index (χ4v) is 2.47. The topological polar surface area (TPSA) is 54.0 Å². The highest BCUT2D eigenvalue weighted by molar-refractivity contribution is 5.95. The van der Waals surface area contributed by atoms with Crippen molar-refractivity contribution in [1.82, 2.24) is 10.3 Å². The number of amides is 1. The summed E-state index contributed by atoms with van der Waals surface area (Å²) < 4.78 is 0. The maximum absolute atomic E-state index is 12.5. The van der Waals surface area contributed by atoms with Gasteiger partial charge in [0.15, 0.2) is 0 Å². The molecular weight excluding hydrogens is 262 g/mol. The van der Waals surface area contributed by atoms with Gasteiger partial charge in [0, 0.05) is 23.3 Å². The van der Waals surface area contributed by atoms with Crippen LogP contribution in [0.1, 0.15) is 69.4 Å². The van der Waals surface area contributed by atoms with Gasteiger partial charge in [-0.1, -0.05) is 27.7 Å². The molecule has 4 heteroatoms. The maximum atomic E-state index is 12.5.